The van der Waals surface area contributed by atoms with E-state index in [9.17, 15) is 18.5 Å². The molecule has 0 unspecified atom stereocenters. The molecule has 0 aliphatic carbocycles. The van der Waals surface area contributed by atoms with Crippen molar-refractivity contribution in [2.24, 2.45) is 5.10 Å². The molecule has 2 aromatic rings. The average Bonchev–Trinajstić information content (AvgIpc) is 2.61. The highest BCUT2D eigenvalue weighted by Gasteiger charge is 2.19. The van der Waals surface area contributed by atoms with Gasteiger partial charge in [-0.15, -0.1) is 0 Å². The van der Waals surface area contributed by atoms with Crippen molar-refractivity contribution in [3.8, 4) is 11.5 Å². The van der Waals surface area contributed by atoms with Crippen molar-refractivity contribution in [3.05, 3.63) is 57.1 Å². The van der Waals surface area contributed by atoms with Gasteiger partial charge in [-0.3, -0.25) is 10.1 Å². The lowest BCUT2D eigenvalue weighted by Crippen LogP contribution is -2.18. The van der Waals surface area contributed by atoms with E-state index >= 15 is 0 Å². The Morgan fingerprint density at radius 1 is 1.15 bits per heavy atom. The fourth-order valence-corrected chi connectivity index (χ4v) is 2.90. The van der Waals surface area contributed by atoms with Crippen LogP contribution in [0.5, 0.6) is 11.5 Å². The van der Waals surface area contributed by atoms with E-state index in [2.05, 4.69) is 5.10 Å². The number of nitro groups is 1. The van der Waals surface area contributed by atoms with Gasteiger partial charge in [0.25, 0.3) is 10.0 Å². The summed E-state index contributed by atoms with van der Waals surface area (Å²) in [5, 5.41) is 15.1. The molecule has 1 N–H and O–H groups in total. The van der Waals surface area contributed by atoms with Gasteiger partial charge in [0.1, 0.15) is 5.75 Å². The first kappa shape index (κ1) is 19.5. The molecule has 0 fully saturated rings. The van der Waals surface area contributed by atoms with Crippen LogP contribution in [0.4, 0.5) is 5.69 Å². The van der Waals surface area contributed by atoms with Crippen molar-refractivity contribution in [1.82, 2.24) is 4.83 Å². The van der Waals surface area contributed by atoms with E-state index < -0.39 is 14.9 Å². The average molecular weight is 400 g/mol. The van der Waals surface area contributed by atoms with Crippen LogP contribution in [0.3, 0.4) is 0 Å². The van der Waals surface area contributed by atoms with Crippen molar-refractivity contribution in [2.75, 3.05) is 14.2 Å². The quantitative estimate of drug-likeness (QED) is 0.434. The molecule has 2 rings (SSSR count). The molecule has 0 amide bonds. The number of methoxy groups -OCH3 is 2. The summed E-state index contributed by atoms with van der Waals surface area (Å²) < 4.78 is 34.3. The van der Waals surface area contributed by atoms with Crippen LogP contribution in [-0.4, -0.2) is 33.8 Å². The number of hydrogen-bond donors (Lipinski definition) is 1. The van der Waals surface area contributed by atoms with Crippen LogP contribution in [0.2, 0.25) is 5.02 Å². The van der Waals surface area contributed by atoms with Crippen LogP contribution in [0.15, 0.2) is 46.4 Å². The van der Waals surface area contributed by atoms with Crippen molar-refractivity contribution >= 4 is 33.5 Å². The normalized spacial score (nSPS) is 11.3. The van der Waals surface area contributed by atoms with Crippen LogP contribution >= 0.6 is 11.6 Å². The number of benzene rings is 2. The number of nitrogens with one attached hydrogen (secondary N) is 1. The van der Waals surface area contributed by atoms with E-state index in [1.165, 1.54) is 44.6 Å². The minimum absolute atomic E-state index is 0.00532. The SMILES string of the molecule is COc1cc(OC)c([N+](=O)[O-])cc1/C=N/NS(=O)(=O)c1ccc(Cl)cc1. The van der Waals surface area contributed by atoms with Crippen LogP contribution in [0, 0.1) is 10.1 Å². The second kappa shape index (κ2) is 8.02. The number of rotatable bonds is 7. The number of hydrogen-bond acceptors (Lipinski definition) is 7. The van der Waals surface area contributed by atoms with Gasteiger partial charge in [-0.2, -0.15) is 13.5 Å². The Labute approximate surface area is 154 Å². The maximum absolute atomic E-state index is 12.1. The summed E-state index contributed by atoms with van der Waals surface area (Å²) in [5.41, 5.74) is -0.117. The molecule has 0 saturated heterocycles. The predicted octanol–water partition coefficient (Wildman–Crippen LogP) is 2.58. The van der Waals surface area contributed by atoms with E-state index in [0.29, 0.717) is 5.02 Å². The van der Waals surface area contributed by atoms with Gasteiger partial charge < -0.3 is 9.47 Å². The van der Waals surface area contributed by atoms with Crippen molar-refractivity contribution < 1.29 is 22.8 Å². The first-order valence-electron chi connectivity index (χ1n) is 6.99. The summed E-state index contributed by atoms with van der Waals surface area (Å²) in [5.74, 6) is 0.229. The number of halogens is 1. The maximum Gasteiger partial charge on any atom is 0.311 e. The Morgan fingerprint density at radius 3 is 2.31 bits per heavy atom. The maximum atomic E-state index is 12.1. The standard InChI is InChI=1S/C15H14ClN3O6S/c1-24-14-8-15(25-2)13(19(20)21)7-10(14)9-17-18-26(22,23)12-5-3-11(16)4-6-12/h3-9,18H,1-2H3/b17-9+. The van der Waals surface area contributed by atoms with Crippen LogP contribution in [0.1, 0.15) is 5.56 Å². The molecule has 26 heavy (non-hydrogen) atoms. The number of ether oxygens (including phenoxy) is 2. The van der Waals surface area contributed by atoms with Crippen molar-refractivity contribution in [3.63, 3.8) is 0 Å². The molecule has 0 aliphatic heterocycles. The molecule has 0 aromatic heterocycles. The molecular weight excluding hydrogens is 386 g/mol. The molecule has 0 radical (unpaired) electrons. The Kier molecular flexibility index (Phi) is 6.01. The highest BCUT2D eigenvalue weighted by atomic mass is 35.5. The number of hydrazone groups is 1. The van der Waals surface area contributed by atoms with Gasteiger partial charge in [-0.05, 0) is 24.3 Å². The molecule has 0 aliphatic rings. The smallest absolute Gasteiger partial charge is 0.311 e. The van der Waals surface area contributed by atoms with E-state index in [0.717, 1.165) is 12.3 Å². The number of nitro benzene ring substituents is 1. The largest absolute Gasteiger partial charge is 0.496 e. The minimum Gasteiger partial charge on any atom is -0.496 e. The third-order valence-electron chi connectivity index (χ3n) is 3.23. The monoisotopic (exact) mass is 399 g/mol. The fraction of sp³-hybridized carbons (Fsp3) is 0.133. The zero-order valence-electron chi connectivity index (χ0n) is 13.7. The van der Waals surface area contributed by atoms with E-state index in [-0.39, 0.29) is 27.6 Å². The number of nitrogens with zero attached hydrogens (tertiary/aromatic N) is 2. The molecule has 0 atom stereocenters. The first-order valence-corrected chi connectivity index (χ1v) is 8.85. The highest BCUT2D eigenvalue weighted by molar-refractivity contribution is 7.89. The zero-order valence-corrected chi connectivity index (χ0v) is 15.2. The Hall–Kier alpha value is -2.85. The third-order valence-corrected chi connectivity index (χ3v) is 4.72. The van der Waals surface area contributed by atoms with Crippen molar-refractivity contribution in [1.29, 1.82) is 0 Å². The second-order valence-corrected chi connectivity index (χ2v) is 6.93. The molecule has 2 aromatic carbocycles. The summed E-state index contributed by atoms with van der Waals surface area (Å²) in [6.45, 7) is 0. The Bertz CT molecular complexity index is 945. The molecule has 0 bridgehead atoms. The molecule has 0 heterocycles. The van der Waals surface area contributed by atoms with Gasteiger partial charge in [-0.1, -0.05) is 11.6 Å². The Morgan fingerprint density at radius 2 is 1.77 bits per heavy atom. The molecule has 11 heteroatoms. The van der Waals surface area contributed by atoms with Gasteiger partial charge >= 0.3 is 5.69 Å². The summed E-state index contributed by atoms with van der Waals surface area (Å²) in [6, 6.07) is 7.97. The second-order valence-electron chi connectivity index (χ2n) is 4.83. The molecule has 0 spiro atoms. The zero-order chi connectivity index (χ0) is 19.3. The summed E-state index contributed by atoms with van der Waals surface area (Å²) in [7, 11) is -1.27. The van der Waals surface area contributed by atoms with Gasteiger partial charge in [0.15, 0.2) is 0 Å². The summed E-state index contributed by atoms with van der Waals surface area (Å²) in [6.07, 6.45) is 1.10. The Balaban J connectivity index is 2.30. The van der Waals surface area contributed by atoms with Gasteiger partial charge in [-0.25, -0.2) is 4.83 Å². The predicted molar refractivity (Wildman–Crippen MR) is 95.6 cm³/mol. The lowest BCUT2D eigenvalue weighted by Gasteiger charge is -2.08. The number of sulfonamides is 1. The highest BCUT2D eigenvalue weighted by Crippen LogP contribution is 2.33. The first-order chi connectivity index (χ1) is 12.3. The van der Waals surface area contributed by atoms with Gasteiger partial charge in [0, 0.05) is 22.7 Å². The summed E-state index contributed by atoms with van der Waals surface area (Å²) in [4.78, 5) is 12.4. The van der Waals surface area contributed by atoms with E-state index in [1.807, 2.05) is 4.83 Å². The lowest BCUT2D eigenvalue weighted by atomic mass is 10.1. The van der Waals surface area contributed by atoms with Crippen LogP contribution < -0.4 is 14.3 Å². The van der Waals surface area contributed by atoms with Gasteiger partial charge in [0.2, 0.25) is 5.75 Å². The molecule has 0 saturated carbocycles. The fourth-order valence-electron chi connectivity index (χ4n) is 1.98. The van der Waals surface area contributed by atoms with Crippen LogP contribution in [-0.2, 0) is 10.0 Å². The van der Waals surface area contributed by atoms with Gasteiger partial charge in [0.05, 0.1) is 30.3 Å². The van der Waals surface area contributed by atoms with E-state index in [1.54, 1.807) is 0 Å². The van der Waals surface area contributed by atoms with E-state index in [4.69, 9.17) is 21.1 Å². The molecular formula is C15H14ClN3O6S. The minimum atomic E-state index is -3.91. The summed E-state index contributed by atoms with van der Waals surface area (Å²) >= 11 is 5.72. The van der Waals surface area contributed by atoms with Crippen molar-refractivity contribution in [2.45, 2.75) is 4.90 Å². The lowest BCUT2D eigenvalue weighted by molar-refractivity contribution is -0.385. The van der Waals surface area contributed by atoms with Crippen LogP contribution in [0.25, 0.3) is 0 Å². The topological polar surface area (TPSA) is 120 Å². The third kappa shape index (κ3) is 4.41. The molecule has 9 nitrogen and oxygen atoms in total. The molecule has 138 valence electrons.